The van der Waals surface area contributed by atoms with E-state index in [9.17, 15) is 5.11 Å². The summed E-state index contributed by atoms with van der Waals surface area (Å²) in [7, 11) is 0. The Hall–Kier alpha value is -0.830. The molecule has 0 saturated heterocycles. The molecule has 0 atom stereocenters. The largest absolute Gasteiger partial charge is 0.507 e. The summed E-state index contributed by atoms with van der Waals surface area (Å²) in [6.07, 6.45) is 0. The molecule has 1 aromatic carbocycles. The maximum Gasteiger partial charge on any atom is 0.136 e. The van der Waals surface area contributed by atoms with Crippen molar-refractivity contribution in [3.8, 4) is 11.5 Å². The summed E-state index contributed by atoms with van der Waals surface area (Å²) in [5, 5.41) is 9.36. The molecule has 1 aliphatic heterocycles. The fourth-order valence-electron chi connectivity index (χ4n) is 1.06. The van der Waals surface area contributed by atoms with Crippen LogP contribution in [-0.2, 0) is 0 Å². The van der Waals surface area contributed by atoms with Crippen LogP contribution in [0.1, 0.15) is 0 Å². The number of hydrogen-bond donors (Lipinski definition) is 1. The third kappa shape index (κ3) is 1.16. The minimum atomic E-state index is 0.326. The van der Waals surface area contributed by atoms with Crippen molar-refractivity contribution in [1.29, 1.82) is 0 Å². The van der Waals surface area contributed by atoms with Gasteiger partial charge in [-0.2, -0.15) is 0 Å². The summed E-state index contributed by atoms with van der Waals surface area (Å²) in [6.45, 7) is 0.737. The van der Waals surface area contributed by atoms with Crippen LogP contribution in [0.5, 0.6) is 11.5 Å². The van der Waals surface area contributed by atoms with Crippen molar-refractivity contribution in [3.63, 3.8) is 0 Å². The third-order valence-corrected chi connectivity index (χ3v) is 2.62. The smallest absolute Gasteiger partial charge is 0.136 e. The summed E-state index contributed by atoms with van der Waals surface area (Å²) in [5.41, 5.74) is 0. The molecule has 2 rings (SSSR count). The predicted octanol–water partition coefficient (Wildman–Crippen LogP) is 1.88. The molecular formula is C8H8O2S. The van der Waals surface area contributed by atoms with Crippen LogP contribution in [0.2, 0.25) is 0 Å². The second-order valence-electron chi connectivity index (χ2n) is 2.30. The highest BCUT2D eigenvalue weighted by atomic mass is 32.2. The van der Waals surface area contributed by atoms with Gasteiger partial charge in [-0.15, -0.1) is 11.8 Å². The summed E-state index contributed by atoms with van der Waals surface area (Å²) in [4.78, 5) is 0.874. The molecule has 0 aromatic heterocycles. The Kier molecular flexibility index (Phi) is 1.66. The van der Waals surface area contributed by atoms with E-state index in [4.69, 9.17) is 4.74 Å². The van der Waals surface area contributed by atoms with E-state index in [1.807, 2.05) is 6.07 Å². The van der Waals surface area contributed by atoms with Crippen molar-refractivity contribution in [2.24, 2.45) is 0 Å². The average Bonchev–Trinajstić information content (AvgIpc) is 2.06. The normalized spacial score (nSPS) is 15.3. The first-order chi connectivity index (χ1) is 5.38. The maximum atomic E-state index is 9.36. The quantitative estimate of drug-likeness (QED) is 0.641. The van der Waals surface area contributed by atoms with Gasteiger partial charge in [0.2, 0.25) is 0 Å². The highest BCUT2D eigenvalue weighted by molar-refractivity contribution is 7.99. The van der Waals surface area contributed by atoms with E-state index in [2.05, 4.69) is 0 Å². The number of phenols is 1. The van der Waals surface area contributed by atoms with Gasteiger partial charge in [0.15, 0.2) is 0 Å². The SMILES string of the molecule is Oc1cccc2c1SCCO2. The minimum absolute atomic E-state index is 0.326. The topological polar surface area (TPSA) is 29.5 Å². The molecule has 0 fully saturated rings. The maximum absolute atomic E-state index is 9.36. The lowest BCUT2D eigenvalue weighted by molar-refractivity contribution is 0.324. The Bertz CT molecular complexity index is 273. The molecule has 0 amide bonds. The number of ether oxygens (including phenoxy) is 1. The van der Waals surface area contributed by atoms with Gasteiger partial charge in [0.05, 0.1) is 11.5 Å². The molecule has 0 unspecified atom stereocenters. The van der Waals surface area contributed by atoms with Gasteiger partial charge in [-0.05, 0) is 12.1 Å². The molecular weight excluding hydrogens is 160 g/mol. The average molecular weight is 168 g/mol. The van der Waals surface area contributed by atoms with Crippen molar-refractivity contribution >= 4 is 11.8 Å². The first-order valence-corrected chi connectivity index (χ1v) is 4.44. The fraction of sp³-hybridized carbons (Fsp3) is 0.250. The first-order valence-electron chi connectivity index (χ1n) is 3.45. The second kappa shape index (κ2) is 2.66. The van der Waals surface area contributed by atoms with Crippen molar-refractivity contribution < 1.29 is 9.84 Å². The van der Waals surface area contributed by atoms with Crippen LogP contribution < -0.4 is 4.74 Å². The molecule has 0 radical (unpaired) electrons. The molecule has 0 spiro atoms. The van der Waals surface area contributed by atoms with Gasteiger partial charge >= 0.3 is 0 Å². The van der Waals surface area contributed by atoms with Crippen LogP contribution in [0.15, 0.2) is 23.1 Å². The Labute approximate surface area is 69.2 Å². The zero-order valence-corrected chi connectivity index (χ0v) is 6.73. The van der Waals surface area contributed by atoms with Crippen LogP contribution in [0.3, 0.4) is 0 Å². The molecule has 11 heavy (non-hydrogen) atoms. The molecule has 58 valence electrons. The molecule has 1 aromatic rings. The zero-order valence-electron chi connectivity index (χ0n) is 5.91. The minimum Gasteiger partial charge on any atom is -0.507 e. The summed E-state index contributed by atoms with van der Waals surface area (Å²) in [6, 6.07) is 5.35. The highest BCUT2D eigenvalue weighted by Crippen LogP contribution is 2.39. The fourth-order valence-corrected chi connectivity index (χ4v) is 1.91. The van der Waals surface area contributed by atoms with Crippen molar-refractivity contribution in [2.45, 2.75) is 4.90 Å². The predicted molar refractivity (Wildman–Crippen MR) is 44.3 cm³/mol. The van der Waals surface area contributed by atoms with Crippen LogP contribution in [0, 0.1) is 0 Å². The van der Waals surface area contributed by atoms with E-state index >= 15 is 0 Å². The lowest BCUT2D eigenvalue weighted by atomic mass is 10.3. The number of rotatable bonds is 0. The Balaban J connectivity index is 2.49. The zero-order chi connectivity index (χ0) is 7.68. The van der Waals surface area contributed by atoms with E-state index in [1.54, 1.807) is 23.9 Å². The van der Waals surface area contributed by atoms with Gasteiger partial charge in [0.25, 0.3) is 0 Å². The Morgan fingerprint density at radius 1 is 1.45 bits per heavy atom. The van der Waals surface area contributed by atoms with E-state index in [-0.39, 0.29) is 0 Å². The summed E-state index contributed by atoms with van der Waals surface area (Å²) < 4.78 is 5.32. The molecule has 3 heteroatoms. The van der Waals surface area contributed by atoms with E-state index in [0.717, 1.165) is 23.0 Å². The van der Waals surface area contributed by atoms with Gasteiger partial charge in [-0.3, -0.25) is 0 Å². The molecule has 2 nitrogen and oxygen atoms in total. The van der Waals surface area contributed by atoms with Crippen molar-refractivity contribution in [3.05, 3.63) is 18.2 Å². The van der Waals surface area contributed by atoms with Crippen LogP contribution >= 0.6 is 11.8 Å². The molecule has 1 heterocycles. The van der Waals surface area contributed by atoms with Gasteiger partial charge in [0, 0.05) is 5.75 Å². The number of hydrogen-bond acceptors (Lipinski definition) is 3. The van der Waals surface area contributed by atoms with Crippen LogP contribution in [0.4, 0.5) is 0 Å². The standard InChI is InChI=1S/C8H8O2S/c9-6-2-1-3-7-8(6)11-5-4-10-7/h1-3,9H,4-5H2. The highest BCUT2D eigenvalue weighted by Gasteiger charge is 2.13. The Morgan fingerprint density at radius 3 is 3.18 bits per heavy atom. The molecule has 0 bridgehead atoms. The van der Waals surface area contributed by atoms with Gasteiger partial charge in [-0.25, -0.2) is 0 Å². The number of fused-ring (bicyclic) bond motifs is 1. The molecule has 1 aliphatic rings. The number of benzene rings is 1. The number of thioether (sulfide) groups is 1. The number of phenolic OH excluding ortho intramolecular Hbond substituents is 1. The van der Waals surface area contributed by atoms with Gasteiger partial charge in [0.1, 0.15) is 11.5 Å². The summed E-state index contributed by atoms with van der Waals surface area (Å²) >= 11 is 1.64. The van der Waals surface area contributed by atoms with Crippen molar-refractivity contribution in [1.82, 2.24) is 0 Å². The Morgan fingerprint density at radius 2 is 2.36 bits per heavy atom. The molecule has 0 saturated carbocycles. The van der Waals surface area contributed by atoms with Gasteiger partial charge < -0.3 is 9.84 Å². The van der Waals surface area contributed by atoms with E-state index < -0.39 is 0 Å². The third-order valence-electron chi connectivity index (χ3n) is 1.55. The lowest BCUT2D eigenvalue weighted by Gasteiger charge is -2.16. The van der Waals surface area contributed by atoms with Gasteiger partial charge in [-0.1, -0.05) is 6.07 Å². The second-order valence-corrected chi connectivity index (χ2v) is 3.41. The number of aromatic hydroxyl groups is 1. The lowest BCUT2D eigenvalue weighted by Crippen LogP contribution is -2.05. The monoisotopic (exact) mass is 168 g/mol. The van der Waals surface area contributed by atoms with E-state index in [1.165, 1.54) is 0 Å². The van der Waals surface area contributed by atoms with Crippen LogP contribution in [-0.4, -0.2) is 17.5 Å². The van der Waals surface area contributed by atoms with Crippen molar-refractivity contribution in [2.75, 3.05) is 12.4 Å². The molecule has 1 N–H and O–H groups in total. The van der Waals surface area contributed by atoms with Crippen LogP contribution in [0.25, 0.3) is 0 Å². The summed E-state index contributed by atoms with van der Waals surface area (Å²) in [5.74, 6) is 2.05. The first kappa shape index (κ1) is 6.85. The van der Waals surface area contributed by atoms with E-state index in [0.29, 0.717) is 5.75 Å². The molecule has 0 aliphatic carbocycles.